The van der Waals surface area contributed by atoms with E-state index in [2.05, 4.69) is 10.4 Å². The summed E-state index contributed by atoms with van der Waals surface area (Å²) in [6, 6.07) is 6.37. The van der Waals surface area contributed by atoms with Crippen molar-refractivity contribution in [1.82, 2.24) is 15.1 Å². The highest BCUT2D eigenvalue weighted by molar-refractivity contribution is 6.30. The lowest BCUT2D eigenvalue weighted by atomic mass is 9.98. The molecule has 122 valence electrons. The maximum Gasteiger partial charge on any atom is 0.255 e. The first-order chi connectivity index (χ1) is 10.9. The van der Waals surface area contributed by atoms with E-state index in [0.717, 1.165) is 12.1 Å². The molecule has 3 N–H and O–H groups in total. The molecule has 0 aliphatic heterocycles. The van der Waals surface area contributed by atoms with Crippen molar-refractivity contribution in [2.24, 2.45) is 11.7 Å². The van der Waals surface area contributed by atoms with Crippen LogP contribution in [-0.2, 0) is 4.79 Å². The average molecular weight is 335 g/mol. The maximum absolute atomic E-state index is 12.3. The molecule has 0 saturated heterocycles. The molecule has 2 amide bonds. The van der Waals surface area contributed by atoms with Crippen LogP contribution in [0.15, 0.2) is 36.7 Å². The molecule has 2 rings (SSSR count). The molecule has 6 nitrogen and oxygen atoms in total. The van der Waals surface area contributed by atoms with Gasteiger partial charge in [0.15, 0.2) is 0 Å². The summed E-state index contributed by atoms with van der Waals surface area (Å²) in [5, 5.41) is 7.44. The van der Waals surface area contributed by atoms with E-state index in [4.69, 9.17) is 17.3 Å². The summed E-state index contributed by atoms with van der Waals surface area (Å²) in [7, 11) is 0. The van der Waals surface area contributed by atoms with Crippen LogP contribution < -0.4 is 11.1 Å². The van der Waals surface area contributed by atoms with Crippen molar-refractivity contribution in [3.8, 4) is 5.69 Å². The highest BCUT2D eigenvalue weighted by Gasteiger charge is 2.24. The number of amides is 2. The number of hydrogen-bond acceptors (Lipinski definition) is 3. The summed E-state index contributed by atoms with van der Waals surface area (Å²) >= 11 is 5.85. The summed E-state index contributed by atoms with van der Waals surface area (Å²) in [4.78, 5) is 23.8. The lowest BCUT2D eigenvalue weighted by Gasteiger charge is -2.20. The standard InChI is InChI=1S/C16H19ClN4O2/c1-3-10(2)14(15(18)22)20-16(23)11-8-19-21(9-11)13-6-4-12(17)5-7-13/h4-10,14H,3H2,1-2H3,(H2,18,22)(H,20,23). The Bertz CT molecular complexity index is 696. The van der Waals surface area contributed by atoms with Crippen LogP contribution in [0.4, 0.5) is 0 Å². The quantitative estimate of drug-likeness (QED) is 0.848. The van der Waals surface area contributed by atoms with Gasteiger partial charge in [0.2, 0.25) is 5.91 Å². The SMILES string of the molecule is CCC(C)C(NC(=O)c1cnn(-c2ccc(Cl)cc2)c1)C(N)=O. The second-order valence-electron chi connectivity index (χ2n) is 5.39. The molecule has 1 heterocycles. The fourth-order valence-corrected chi connectivity index (χ4v) is 2.26. The Hall–Kier alpha value is -2.34. The minimum Gasteiger partial charge on any atom is -0.368 e. The molecule has 0 aliphatic carbocycles. The van der Waals surface area contributed by atoms with Gasteiger partial charge in [-0.25, -0.2) is 4.68 Å². The van der Waals surface area contributed by atoms with Gasteiger partial charge >= 0.3 is 0 Å². The molecule has 23 heavy (non-hydrogen) atoms. The lowest BCUT2D eigenvalue weighted by Crippen LogP contribution is -2.48. The Morgan fingerprint density at radius 3 is 2.57 bits per heavy atom. The third-order valence-electron chi connectivity index (χ3n) is 3.74. The average Bonchev–Trinajstić information content (AvgIpc) is 3.02. The Labute approximate surface area is 139 Å². The van der Waals surface area contributed by atoms with Crippen LogP contribution in [0.3, 0.4) is 0 Å². The van der Waals surface area contributed by atoms with Crippen LogP contribution in [0.2, 0.25) is 5.02 Å². The first kappa shape index (κ1) is 17.0. The number of carbonyl (C=O) groups is 2. The number of primary amides is 1. The molecule has 0 radical (unpaired) electrons. The van der Waals surface area contributed by atoms with E-state index < -0.39 is 11.9 Å². The highest BCUT2D eigenvalue weighted by atomic mass is 35.5. The number of rotatable bonds is 6. The molecule has 2 aromatic rings. The van der Waals surface area contributed by atoms with Crippen molar-refractivity contribution >= 4 is 23.4 Å². The summed E-state index contributed by atoms with van der Waals surface area (Å²) in [6.07, 6.45) is 3.77. The van der Waals surface area contributed by atoms with Gasteiger partial charge in [-0.1, -0.05) is 31.9 Å². The van der Waals surface area contributed by atoms with Crippen molar-refractivity contribution in [3.05, 3.63) is 47.2 Å². The minimum absolute atomic E-state index is 0.0391. The summed E-state index contributed by atoms with van der Waals surface area (Å²) in [5.74, 6) is -0.963. The largest absolute Gasteiger partial charge is 0.368 e. The number of nitrogens with two attached hydrogens (primary N) is 1. The zero-order valence-electron chi connectivity index (χ0n) is 13.0. The third-order valence-corrected chi connectivity index (χ3v) is 3.99. The van der Waals surface area contributed by atoms with Crippen LogP contribution in [0.25, 0.3) is 5.69 Å². The van der Waals surface area contributed by atoms with Gasteiger partial charge in [0.05, 0.1) is 17.4 Å². The van der Waals surface area contributed by atoms with Gasteiger partial charge in [0, 0.05) is 11.2 Å². The number of halogens is 1. The predicted molar refractivity (Wildman–Crippen MR) is 88.5 cm³/mol. The Balaban J connectivity index is 2.14. The first-order valence-corrected chi connectivity index (χ1v) is 7.71. The summed E-state index contributed by atoms with van der Waals surface area (Å²) in [5.41, 5.74) is 6.50. The molecule has 2 atom stereocenters. The van der Waals surface area contributed by atoms with E-state index in [0.29, 0.717) is 10.6 Å². The van der Waals surface area contributed by atoms with Crippen molar-refractivity contribution in [2.75, 3.05) is 0 Å². The molecular formula is C16H19ClN4O2. The van der Waals surface area contributed by atoms with Crippen LogP contribution in [0.5, 0.6) is 0 Å². The molecule has 0 fully saturated rings. The van der Waals surface area contributed by atoms with E-state index in [9.17, 15) is 9.59 Å². The van der Waals surface area contributed by atoms with E-state index >= 15 is 0 Å². The fourth-order valence-electron chi connectivity index (χ4n) is 2.13. The molecule has 1 aromatic heterocycles. The Kier molecular flexibility index (Phi) is 5.39. The first-order valence-electron chi connectivity index (χ1n) is 7.33. The lowest BCUT2D eigenvalue weighted by molar-refractivity contribution is -0.120. The number of carbonyl (C=O) groups excluding carboxylic acids is 2. The Morgan fingerprint density at radius 1 is 1.35 bits per heavy atom. The highest BCUT2D eigenvalue weighted by Crippen LogP contribution is 2.14. The summed E-state index contributed by atoms with van der Waals surface area (Å²) in [6.45, 7) is 3.80. The molecule has 0 bridgehead atoms. The second kappa shape index (κ2) is 7.28. The monoisotopic (exact) mass is 334 g/mol. The van der Waals surface area contributed by atoms with E-state index in [1.807, 2.05) is 13.8 Å². The normalized spacial score (nSPS) is 13.3. The zero-order valence-corrected chi connectivity index (χ0v) is 13.7. The van der Waals surface area contributed by atoms with E-state index in [-0.39, 0.29) is 11.8 Å². The number of nitrogens with one attached hydrogen (secondary N) is 1. The molecule has 7 heteroatoms. The molecule has 0 saturated carbocycles. The third kappa shape index (κ3) is 4.10. The van der Waals surface area contributed by atoms with Gasteiger partial charge < -0.3 is 11.1 Å². The minimum atomic E-state index is -0.702. The van der Waals surface area contributed by atoms with Gasteiger partial charge in [-0.3, -0.25) is 9.59 Å². The number of aromatic nitrogens is 2. The van der Waals surface area contributed by atoms with Crippen molar-refractivity contribution in [1.29, 1.82) is 0 Å². The predicted octanol–water partition coefficient (Wildman–Crippen LogP) is 2.16. The number of nitrogens with zero attached hydrogens (tertiary/aromatic N) is 2. The van der Waals surface area contributed by atoms with Gasteiger partial charge in [0.25, 0.3) is 5.91 Å². The zero-order chi connectivity index (χ0) is 17.0. The molecule has 1 aromatic carbocycles. The number of benzene rings is 1. The number of hydrogen-bond donors (Lipinski definition) is 2. The van der Waals surface area contributed by atoms with Crippen molar-refractivity contribution in [3.63, 3.8) is 0 Å². The van der Waals surface area contributed by atoms with Gasteiger partial charge in [0.1, 0.15) is 6.04 Å². The second-order valence-corrected chi connectivity index (χ2v) is 5.83. The van der Waals surface area contributed by atoms with Crippen molar-refractivity contribution in [2.45, 2.75) is 26.3 Å². The van der Waals surface area contributed by atoms with E-state index in [1.54, 1.807) is 35.1 Å². The molecule has 0 aliphatic rings. The summed E-state index contributed by atoms with van der Waals surface area (Å²) < 4.78 is 1.56. The smallest absolute Gasteiger partial charge is 0.255 e. The van der Waals surface area contributed by atoms with E-state index in [1.165, 1.54) is 6.20 Å². The van der Waals surface area contributed by atoms with Crippen LogP contribution in [-0.4, -0.2) is 27.6 Å². The molecular weight excluding hydrogens is 316 g/mol. The van der Waals surface area contributed by atoms with Gasteiger partial charge in [-0.2, -0.15) is 5.10 Å². The van der Waals surface area contributed by atoms with Crippen LogP contribution >= 0.6 is 11.6 Å². The van der Waals surface area contributed by atoms with Crippen LogP contribution in [0, 0.1) is 5.92 Å². The maximum atomic E-state index is 12.3. The molecule has 2 unspecified atom stereocenters. The molecule has 0 spiro atoms. The topological polar surface area (TPSA) is 90.0 Å². The van der Waals surface area contributed by atoms with Gasteiger partial charge in [-0.05, 0) is 30.2 Å². The van der Waals surface area contributed by atoms with Crippen molar-refractivity contribution < 1.29 is 9.59 Å². The van der Waals surface area contributed by atoms with Crippen LogP contribution in [0.1, 0.15) is 30.6 Å². The fraction of sp³-hybridized carbons (Fsp3) is 0.312. The Morgan fingerprint density at radius 2 is 2.00 bits per heavy atom. The van der Waals surface area contributed by atoms with Gasteiger partial charge in [-0.15, -0.1) is 0 Å².